The summed E-state index contributed by atoms with van der Waals surface area (Å²) in [4.78, 5) is 23.4. The van der Waals surface area contributed by atoms with Crippen molar-refractivity contribution in [3.8, 4) is 0 Å². The van der Waals surface area contributed by atoms with Crippen LogP contribution >= 0.6 is 0 Å². The molecule has 2 N–H and O–H groups in total. The highest BCUT2D eigenvalue weighted by Gasteiger charge is 2.23. The van der Waals surface area contributed by atoms with Crippen molar-refractivity contribution in [2.24, 2.45) is 0 Å². The van der Waals surface area contributed by atoms with Crippen LogP contribution in [0, 0.1) is 18.6 Å². The normalized spacial score (nSPS) is 11.8. The molecule has 2 aromatic carbocycles. The molecule has 0 saturated carbocycles. The van der Waals surface area contributed by atoms with Crippen LogP contribution in [0.2, 0.25) is 0 Å². The first-order chi connectivity index (χ1) is 10.9. The first kappa shape index (κ1) is 16.6. The Morgan fingerprint density at radius 1 is 1.17 bits per heavy atom. The third-order valence-corrected chi connectivity index (χ3v) is 3.46. The molecular formula is C17H15F2NO3. The second-order valence-corrected chi connectivity index (χ2v) is 5.12. The van der Waals surface area contributed by atoms with Crippen LogP contribution in [0.5, 0.6) is 0 Å². The van der Waals surface area contributed by atoms with Gasteiger partial charge in [-0.25, -0.2) is 13.6 Å². The zero-order chi connectivity index (χ0) is 17.0. The fraction of sp³-hybridized carbons (Fsp3) is 0.176. The molecule has 0 bridgehead atoms. The zero-order valence-corrected chi connectivity index (χ0v) is 12.3. The Kier molecular flexibility index (Phi) is 5.05. The van der Waals surface area contributed by atoms with Crippen molar-refractivity contribution in [3.63, 3.8) is 0 Å². The van der Waals surface area contributed by atoms with Gasteiger partial charge in [0.2, 0.25) is 0 Å². The molecule has 0 aliphatic heterocycles. The molecule has 0 spiro atoms. The lowest BCUT2D eigenvalue weighted by Crippen LogP contribution is -2.42. The summed E-state index contributed by atoms with van der Waals surface area (Å²) in [5.41, 5.74) is 1.25. The summed E-state index contributed by atoms with van der Waals surface area (Å²) in [6.07, 6.45) is 0.0660. The second kappa shape index (κ2) is 7.00. The molecule has 0 saturated heterocycles. The minimum atomic E-state index is -1.23. The Morgan fingerprint density at radius 2 is 1.87 bits per heavy atom. The van der Waals surface area contributed by atoms with E-state index in [0.29, 0.717) is 6.07 Å². The van der Waals surface area contributed by atoms with Crippen molar-refractivity contribution in [3.05, 3.63) is 70.8 Å². The largest absolute Gasteiger partial charge is 0.480 e. The Bertz CT molecular complexity index is 746. The number of rotatable bonds is 5. The Hall–Kier alpha value is -2.76. The molecule has 0 fully saturated rings. The molecule has 4 nitrogen and oxygen atoms in total. The molecular weight excluding hydrogens is 304 g/mol. The van der Waals surface area contributed by atoms with Gasteiger partial charge in [-0.3, -0.25) is 4.79 Å². The Labute approximate surface area is 131 Å². The maximum Gasteiger partial charge on any atom is 0.326 e. The van der Waals surface area contributed by atoms with Crippen molar-refractivity contribution in [1.29, 1.82) is 0 Å². The average molecular weight is 319 g/mol. The Balaban J connectivity index is 2.18. The van der Waals surface area contributed by atoms with E-state index >= 15 is 0 Å². The number of carboxylic acid groups (broad SMARTS) is 1. The van der Waals surface area contributed by atoms with Gasteiger partial charge >= 0.3 is 5.97 Å². The highest BCUT2D eigenvalue weighted by molar-refractivity contribution is 5.96. The maximum atomic E-state index is 13.6. The number of halogens is 2. The number of aryl methyl sites for hydroxylation is 1. The van der Waals surface area contributed by atoms with E-state index in [-0.39, 0.29) is 6.42 Å². The summed E-state index contributed by atoms with van der Waals surface area (Å²) >= 11 is 0. The highest BCUT2D eigenvalue weighted by Crippen LogP contribution is 2.12. The van der Waals surface area contributed by atoms with Gasteiger partial charge in [-0.15, -0.1) is 0 Å². The molecule has 0 aliphatic rings. The van der Waals surface area contributed by atoms with Gasteiger partial charge in [-0.1, -0.05) is 24.3 Å². The van der Waals surface area contributed by atoms with Crippen molar-refractivity contribution in [2.75, 3.05) is 0 Å². The van der Waals surface area contributed by atoms with Crippen LogP contribution in [-0.2, 0) is 11.2 Å². The van der Waals surface area contributed by atoms with E-state index in [0.717, 1.165) is 23.3 Å². The Morgan fingerprint density at radius 3 is 2.48 bits per heavy atom. The lowest BCUT2D eigenvalue weighted by molar-refractivity contribution is -0.139. The average Bonchev–Trinajstić information content (AvgIpc) is 2.48. The highest BCUT2D eigenvalue weighted by atomic mass is 19.1. The molecule has 0 aromatic heterocycles. The lowest BCUT2D eigenvalue weighted by Gasteiger charge is -2.16. The predicted molar refractivity (Wildman–Crippen MR) is 80.1 cm³/mol. The van der Waals surface area contributed by atoms with Gasteiger partial charge in [0, 0.05) is 12.5 Å². The van der Waals surface area contributed by atoms with Crippen molar-refractivity contribution < 1.29 is 23.5 Å². The number of hydrogen-bond acceptors (Lipinski definition) is 2. The maximum absolute atomic E-state index is 13.6. The van der Waals surface area contributed by atoms with Crippen LogP contribution in [-0.4, -0.2) is 23.0 Å². The van der Waals surface area contributed by atoms with Gasteiger partial charge in [0.05, 0.1) is 5.56 Å². The fourth-order valence-corrected chi connectivity index (χ4v) is 2.17. The van der Waals surface area contributed by atoms with E-state index in [1.807, 2.05) is 19.1 Å². The van der Waals surface area contributed by atoms with Gasteiger partial charge < -0.3 is 10.4 Å². The standard InChI is InChI=1S/C17H15F2NO3/c1-10-4-2-3-5-11(10)8-15(17(22)23)20-16(21)13-7-6-12(18)9-14(13)19/h2-7,9,15H,8H2,1H3,(H,20,21)(H,22,23)/t15-/m1/s1. The number of amides is 1. The van der Waals surface area contributed by atoms with Crippen molar-refractivity contribution in [1.82, 2.24) is 5.32 Å². The first-order valence-corrected chi connectivity index (χ1v) is 6.91. The topological polar surface area (TPSA) is 66.4 Å². The molecule has 120 valence electrons. The quantitative estimate of drug-likeness (QED) is 0.890. The van der Waals surface area contributed by atoms with Gasteiger partial charge in [0.25, 0.3) is 5.91 Å². The molecule has 0 heterocycles. The van der Waals surface area contributed by atoms with Crippen LogP contribution in [0.1, 0.15) is 21.5 Å². The number of carbonyl (C=O) groups is 2. The lowest BCUT2D eigenvalue weighted by atomic mass is 10.0. The minimum absolute atomic E-state index is 0.0660. The molecule has 2 aromatic rings. The predicted octanol–water partition coefficient (Wildman–Crippen LogP) is 2.70. The third kappa shape index (κ3) is 4.12. The van der Waals surface area contributed by atoms with Crippen molar-refractivity contribution in [2.45, 2.75) is 19.4 Å². The number of carbonyl (C=O) groups excluding carboxylic acids is 1. The van der Waals surface area contributed by atoms with E-state index in [2.05, 4.69) is 5.32 Å². The number of aliphatic carboxylic acids is 1. The zero-order valence-electron chi connectivity index (χ0n) is 12.3. The van der Waals surface area contributed by atoms with E-state index < -0.39 is 35.1 Å². The smallest absolute Gasteiger partial charge is 0.326 e. The van der Waals surface area contributed by atoms with Crippen LogP contribution < -0.4 is 5.32 Å². The van der Waals surface area contributed by atoms with Crippen LogP contribution in [0.25, 0.3) is 0 Å². The molecule has 6 heteroatoms. The van der Waals surface area contributed by atoms with Crippen LogP contribution in [0.3, 0.4) is 0 Å². The number of benzene rings is 2. The van der Waals surface area contributed by atoms with E-state index in [9.17, 15) is 23.5 Å². The summed E-state index contributed by atoms with van der Waals surface area (Å²) in [6.45, 7) is 1.83. The van der Waals surface area contributed by atoms with Gasteiger partial charge in [-0.05, 0) is 30.2 Å². The first-order valence-electron chi connectivity index (χ1n) is 6.91. The summed E-state index contributed by atoms with van der Waals surface area (Å²) < 4.78 is 26.5. The minimum Gasteiger partial charge on any atom is -0.480 e. The molecule has 2 rings (SSSR count). The summed E-state index contributed by atoms with van der Waals surface area (Å²) in [5.74, 6) is -3.98. The number of nitrogens with one attached hydrogen (secondary N) is 1. The number of carboxylic acids is 1. The third-order valence-electron chi connectivity index (χ3n) is 3.46. The molecule has 0 aliphatic carbocycles. The van der Waals surface area contributed by atoms with E-state index in [1.54, 1.807) is 12.1 Å². The van der Waals surface area contributed by atoms with Crippen LogP contribution in [0.15, 0.2) is 42.5 Å². The second-order valence-electron chi connectivity index (χ2n) is 5.12. The number of hydrogen-bond donors (Lipinski definition) is 2. The monoisotopic (exact) mass is 319 g/mol. The SMILES string of the molecule is Cc1ccccc1C[C@@H](NC(=O)c1ccc(F)cc1F)C(=O)O. The summed E-state index contributed by atoms with van der Waals surface area (Å²) in [5, 5.41) is 11.5. The summed E-state index contributed by atoms with van der Waals surface area (Å²) in [7, 11) is 0. The molecule has 0 unspecified atom stereocenters. The van der Waals surface area contributed by atoms with E-state index in [1.165, 1.54) is 0 Å². The van der Waals surface area contributed by atoms with Gasteiger partial charge in [-0.2, -0.15) is 0 Å². The molecule has 1 atom stereocenters. The van der Waals surface area contributed by atoms with Crippen LogP contribution in [0.4, 0.5) is 8.78 Å². The fourth-order valence-electron chi connectivity index (χ4n) is 2.17. The van der Waals surface area contributed by atoms with Gasteiger partial charge in [0.1, 0.15) is 17.7 Å². The van der Waals surface area contributed by atoms with Gasteiger partial charge in [0.15, 0.2) is 0 Å². The van der Waals surface area contributed by atoms with E-state index in [4.69, 9.17) is 0 Å². The van der Waals surface area contributed by atoms with Crippen molar-refractivity contribution >= 4 is 11.9 Å². The summed E-state index contributed by atoms with van der Waals surface area (Å²) in [6, 6.07) is 8.46. The molecule has 0 radical (unpaired) electrons. The molecule has 1 amide bonds. The molecule has 23 heavy (non-hydrogen) atoms.